The number of carbonyl (C=O) groups is 1. The molecule has 1 heterocycles. The van der Waals surface area contributed by atoms with Gasteiger partial charge in [0, 0.05) is 5.56 Å². The first kappa shape index (κ1) is 13.1. The number of nitrogens with zero attached hydrogens (tertiary/aromatic N) is 1. The van der Waals surface area contributed by atoms with Crippen molar-refractivity contribution in [3.8, 4) is 0 Å². The summed E-state index contributed by atoms with van der Waals surface area (Å²) < 4.78 is 5.22. The Balaban J connectivity index is 1.86. The molecule has 1 N–H and O–H groups in total. The van der Waals surface area contributed by atoms with E-state index in [-0.39, 0.29) is 5.91 Å². The molecule has 0 aliphatic rings. The molecule has 1 aromatic heterocycles. The van der Waals surface area contributed by atoms with Crippen molar-refractivity contribution in [3.05, 3.63) is 72.2 Å². The summed E-state index contributed by atoms with van der Waals surface area (Å²) in [6.07, 6.45) is 1.57. The minimum absolute atomic E-state index is 0.238. The zero-order valence-electron chi connectivity index (χ0n) is 11.5. The Hall–Kier alpha value is -2.88. The fourth-order valence-electron chi connectivity index (χ4n) is 2.16. The molecule has 0 aliphatic carbocycles. The minimum Gasteiger partial charge on any atom is -0.463 e. The van der Waals surface area contributed by atoms with Gasteiger partial charge < -0.3 is 4.42 Å². The van der Waals surface area contributed by atoms with Gasteiger partial charge >= 0.3 is 0 Å². The maximum Gasteiger partial charge on any atom is 0.272 e. The van der Waals surface area contributed by atoms with Crippen LogP contribution >= 0.6 is 0 Å². The molecule has 0 saturated carbocycles. The summed E-state index contributed by atoms with van der Waals surface area (Å²) in [6.45, 7) is 1.78. The van der Waals surface area contributed by atoms with Crippen molar-refractivity contribution in [2.75, 3.05) is 0 Å². The van der Waals surface area contributed by atoms with Crippen molar-refractivity contribution in [1.29, 1.82) is 0 Å². The lowest BCUT2D eigenvalue weighted by Crippen LogP contribution is -2.19. The predicted molar refractivity (Wildman–Crippen MR) is 82.3 cm³/mol. The van der Waals surface area contributed by atoms with Crippen molar-refractivity contribution in [1.82, 2.24) is 5.43 Å². The Morgan fingerprint density at radius 2 is 1.86 bits per heavy atom. The molecule has 0 aliphatic heterocycles. The van der Waals surface area contributed by atoms with Gasteiger partial charge in [0.2, 0.25) is 0 Å². The topological polar surface area (TPSA) is 54.6 Å². The fraction of sp³-hybridized carbons (Fsp3) is 0.0588. The second-order valence-corrected chi connectivity index (χ2v) is 4.64. The Bertz CT molecular complexity index is 799. The highest BCUT2D eigenvalue weighted by atomic mass is 16.3. The van der Waals surface area contributed by atoms with Crippen LogP contribution in [0.1, 0.15) is 23.0 Å². The van der Waals surface area contributed by atoms with Crippen molar-refractivity contribution < 1.29 is 9.21 Å². The average molecular weight is 278 g/mol. The lowest BCUT2D eigenvalue weighted by atomic mass is 10.0. The highest BCUT2D eigenvalue weighted by Gasteiger charge is 2.09. The molecule has 4 heteroatoms. The highest BCUT2D eigenvalue weighted by Crippen LogP contribution is 2.18. The van der Waals surface area contributed by atoms with Crippen LogP contribution in [0.4, 0.5) is 0 Å². The van der Waals surface area contributed by atoms with Crippen LogP contribution in [0.25, 0.3) is 10.8 Å². The van der Waals surface area contributed by atoms with Gasteiger partial charge in [-0.05, 0) is 35.9 Å². The quantitative estimate of drug-likeness (QED) is 0.588. The van der Waals surface area contributed by atoms with E-state index in [1.165, 1.54) is 0 Å². The highest BCUT2D eigenvalue weighted by molar-refractivity contribution is 6.07. The summed E-state index contributed by atoms with van der Waals surface area (Å²) in [5.74, 6) is 0.394. The van der Waals surface area contributed by atoms with Gasteiger partial charge in [-0.15, -0.1) is 0 Å². The third-order valence-electron chi connectivity index (χ3n) is 3.24. The SMILES string of the molecule is C/C(=N\NC(=O)c1cccc2ccccc12)c1ccco1. The van der Waals surface area contributed by atoms with Crippen molar-refractivity contribution in [3.63, 3.8) is 0 Å². The van der Waals surface area contributed by atoms with Gasteiger partial charge in [-0.2, -0.15) is 5.10 Å². The van der Waals surface area contributed by atoms with E-state index in [9.17, 15) is 4.79 Å². The van der Waals surface area contributed by atoms with Gasteiger partial charge in [-0.1, -0.05) is 36.4 Å². The standard InChI is InChI=1S/C17H14N2O2/c1-12(16-10-5-11-21-16)18-19-17(20)15-9-4-7-13-6-2-3-8-14(13)15/h2-11H,1H3,(H,19,20)/b18-12+. The normalized spacial score (nSPS) is 11.6. The first-order valence-electron chi connectivity index (χ1n) is 6.62. The Morgan fingerprint density at radius 3 is 2.67 bits per heavy atom. The van der Waals surface area contributed by atoms with Crippen LogP contribution in [-0.2, 0) is 0 Å². The molecule has 21 heavy (non-hydrogen) atoms. The lowest BCUT2D eigenvalue weighted by molar-refractivity contribution is 0.0956. The van der Waals surface area contributed by atoms with Crippen molar-refractivity contribution in [2.24, 2.45) is 5.10 Å². The summed E-state index contributed by atoms with van der Waals surface area (Å²) in [5, 5.41) is 6.00. The number of hydrazone groups is 1. The van der Waals surface area contributed by atoms with Crippen LogP contribution in [0.3, 0.4) is 0 Å². The first-order valence-corrected chi connectivity index (χ1v) is 6.62. The number of furan rings is 1. The zero-order chi connectivity index (χ0) is 14.7. The summed E-state index contributed by atoms with van der Waals surface area (Å²) in [5.41, 5.74) is 3.79. The summed E-state index contributed by atoms with van der Waals surface area (Å²) in [4.78, 5) is 12.3. The van der Waals surface area contributed by atoms with Crippen molar-refractivity contribution >= 4 is 22.4 Å². The molecule has 0 radical (unpaired) electrons. The van der Waals surface area contributed by atoms with Gasteiger partial charge in [-0.25, -0.2) is 5.43 Å². The molecule has 4 nitrogen and oxygen atoms in total. The third kappa shape index (κ3) is 2.69. The van der Waals surface area contributed by atoms with Gasteiger partial charge in [-0.3, -0.25) is 4.79 Å². The molecule has 1 amide bonds. The largest absolute Gasteiger partial charge is 0.463 e. The van der Waals surface area contributed by atoms with Crippen LogP contribution in [0.15, 0.2) is 70.4 Å². The summed E-state index contributed by atoms with van der Waals surface area (Å²) in [6, 6.07) is 17.0. The van der Waals surface area contributed by atoms with Crippen LogP contribution in [0, 0.1) is 0 Å². The van der Waals surface area contributed by atoms with Crippen LogP contribution in [-0.4, -0.2) is 11.6 Å². The minimum atomic E-state index is -0.238. The number of rotatable bonds is 3. The number of hydrogen-bond donors (Lipinski definition) is 1. The maximum absolute atomic E-state index is 12.3. The van der Waals surface area contributed by atoms with Gasteiger partial charge in [0.05, 0.1) is 6.26 Å². The van der Waals surface area contributed by atoms with Crippen LogP contribution in [0.5, 0.6) is 0 Å². The Morgan fingerprint density at radius 1 is 1.05 bits per heavy atom. The summed E-state index contributed by atoms with van der Waals surface area (Å²) in [7, 11) is 0. The molecule has 0 unspecified atom stereocenters. The second-order valence-electron chi connectivity index (χ2n) is 4.64. The Kier molecular flexibility index (Phi) is 3.51. The smallest absolute Gasteiger partial charge is 0.272 e. The molecule has 0 bridgehead atoms. The molecule has 0 atom stereocenters. The fourth-order valence-corrected chi connectivity index (χ4v) is 2.16. The monoisotopic (exact) mass is 278 g/mol. The molecule has 3 rings (SSSR count). The lowest BCUT2D eigenvalue weighted by Gasteiger charge is -2.05. The molecular formula is C17H14N2O2. The average Bonchev–Trinajstić information content (AvgIpc) is 3.06. The number of amides is 1. The van der Waals surface area contributed by atoms with Crippen molar-refractivity contribution in [2.45, 2.75) is 6.92 Å². The van der Waals surface area contributed by atoms with Crippen LogP contribution < -0.4 is 5.43 Å². The number of benzene rings is 2. The third-order valence-corrected chi connectivity index (χ3v) is 3.24. The Labute approximate surface area is 122 Å². The van der Waals surface area contributed by atoms with E-state index in [0.717, 1.165) is 10.8 Å². The number of hydrogen-bond acceptors (Lipinski definition) is 3. The van der Waals surface area contributed by atoms with Gasteiger partial charge in [0.15, 0.2) is 0 Å². The van der Waals surface area contributed by atoms with E-state index in [1.54, 1.807) is 31.4 Å². The van der Waals surface area contributed by atoms with Gasteiger partial charge in [0.1, 0.15) is 11.5 Å². The van der Waals surface area contributed by atoms with Gasteiger partial charge in [0.25, 0.3) is 5.91 Å². The van der Waals surface area contributed by atoms with E-state index >= 15 is 0 Å². The van der Waals surface area contributed by atoms with E-state index in [0.29, 0.717) is 17.0 Å². The summed E-state index contributed by atoms with van der Waals surface area (Å²) >= 11 is 0. The molecule has 0 saturated heterocycles. The van der Waals surface area contributed by atoms with E-state index < -0.39 is 0 Å². The molecule has 3 aromatic rings. The van der Waals surface area contributed by atoms with Crippen LogP contribution in [0.2, 0.25) is 0 Å². The first-order chi connectivity index (χ1) is 10.3. The molecule has 2 aromatic carbocycles. The molecule has 0 spiro atoms. The molecular weight excluding hydrogens is 264 g/mol. The molecule has 0 fully saturated rings. The second kappa shape index (κ2) is 5.63. The number of fused-ring (bicyclic) bond motifs is 1. The number of carbonyl (C=O) groups excluding carboxylic acids is 1. The zero-order valence-corrected chi connectivity index (χ0v) is 11.5. The number of nitrogens with one attached hydrogen (secondary N) is 1. The van der Waals surface area contributed by atoms with E-state index in [2.05, 4.69) is 10.5 Å². The van der Waals surface area contributed by atoms with E-state index in [4.69, 9.17) is 4.42 Å². The van der Waals surface area contributed by atoms with E-state index in [1.807, 2.05) is 36.4 Å². The maximum atomic E-state index is 12.3. The molecule has 104 valence electrons. The predicted octanol–water partition coefficient (Wildman–Crippen LogP) is 3.59.